The van der Waals surface area contributed by atoms with Crippen LogP contribution in [0.5, 0.6) is 0 Å². The number of ether oxygens (including phenoxy) is 3. The molecule has 0 aromatic heterocycles. The molecular formula is C20H34F2NO9P. The van der Waals surface area contributed by atoms with Gasteiger partial charge in [0.1, 0.15) is 12.2 Å². The average Bonchev–Trinajstić information content (AvgIpc) is 3.01. The Hall–Kier alpha value is -1.27. The minimum Gasteiger partial charge on any atom is -0.388 e. The lowest BCUT2D eigenvalue weighted by Gasteiger charge is -2.29. The highest BCUT2D eigenvalue weighted by Crippen LogP contribution is 2.64. The fourth-order valence-corrected chi connectivity index (χ4v) is 4.66. The van der Waals surface area contributed by atoms with Gasteiger partial charge in [0.15, 0.2) is 12.0 Å². The van der Waals surface area contributed by atoms with Gasteiger partial charge in [-0.25, -0.2) is 0 Å². The Morgan fingerprint density at radius 3 is 2.18 bits per heavy atom. The first-order valence-electron chi connectivity index (χ1n) is 10.5. The van der Waals surface area contributed by atoms with Crippen LogP contribution < -0.4 is 0 Å². The normalized spacial score (nSPS) is 24.2. The Morgan fingerprint density at radius 1 is 1.15 bits per heavy atom. The van der Waals surface area contributed by atoms with Crippen molar-refractivity contribution in [3.05, 3.63) is 11.8 Å². The second kappa shape index (κ2) is 13.0. The molecule has 1 rings (SSSR count). The number of alkyl halides is 2. The van der Waals surface area contributed by atoms with E-state index in [-0.39, 0.29) is 37.8 Å². The number of carbonyl (C=O) groups excluding carboxylic acids is 2. The van der Waals surface area contributed by atoms with Gasteiger partial charge in [-0.05, 0) is 27.7 Å². The lowest BCUT2D eigenvalue weighted by molar-refractivity contribution is -0.148. The molecule has 0 saturated carbocycles. The van der Waals surface area contributed by atoms with E-state index in [0.29, 0.717) is 0 Å². The first-order valence-corrected chi connectivity index (χ1v) is 12.1. The summed E-state index contributed by atoms with van der Waals surface area (Å²) in [4.78, 5) is 24.9. The summed E-state index contributed by atoms with van der Waals surface area (Å²) in [6.45, 7) is 6.28. The molecule has 13 heteroatoms. The van der Waals surface area contributed by atoms with E-state index < -0.39 is 50.1 Å². The predicted molar refractivity (Wildman–Crippen MR) is 114 cm³/mol. The summed E-state index contributed by atoms with van der Waals surface area (Å²) < 4.78 is 68.3. The van der Waals surface area contributed by atoms with E-state index >= 15 is 8.78 Å². The maximum absolute atomic E-state index is 15.0. The maximum atomic E-state index is 15.0. The molecule has 4 atom stereocenters. The number of aliphatic hydroxyl groups is 1. The third-order valence-corrected chi connectivity index (χ3v) is 7.06. The highest BCUT2D eigenvalue weighted by Gasteiger charge is 2.58. The van der Waals surface area contributed by atoms with Crippen LogP contribution in [0.1, 0.15) is 41.0 Å². The molecule has 1 aliphatic rings. The number of halogens is 2. The lowest BCUT2D eigenvalue weighted by atomic mass is 10.1. The zero-order valence-corrected chi connectivity index (χ0v) is 20.7. The van der Waals surface area contributed by atoms with E-state index in [4.69, 9.17) is 23.3 Å². The van der Waals surface area contributed by atoms with Crippen molar-refractivity contribution in [1.29, 1.82) is 0 Å². The molecule has 1 aliphatic heterocycles. The molecular weight excluding hydrogens is 467 g/mol. The number of carbonyl (C=O) groups is 2. The Kier molecular flexibility index (Phi) is 11.7. The molecule has 192 valence electrons. The number of hydrogen-bond acceptors (Lipinski definition) is 9. The molecule has 0 aliphatic carbocycles. The predicted octanol–water partition coefficient (Wildman–Crippen LogP) is 2.69. The largest absolute Gasteiger partial charge is 0.399 e. The van der Waals surface area contributed by atoms with E-state index in [9.17, 15) is 19.3 Å². The van der Waals surface area contributed by atoms with Crippen LogP contribution in [0.15, 0.2) is 11.8 Å². The molecule has 0 bridgehead atoms. The highest BCUT2D eigenvalue weighted by atomic mass is 31.2. The molecule has 1 N–H and O–H groups in total. The maximum Gasteiger partial charge on any atom is 0.399 e. The first-order chi connectivity index (χ1) is 15.3. The van der Waals surface area contributed by atoms with E-state index in [0.717, 1.165) is 4.90 Å². The standard InChI is InChI=1S/C20H34F2NO9P/c1-7-30-33(27,31-8-2)20(21,22)11-16-17(26)18(29-10-9-28-6)19(32-16)23(15(5)25)12-13(3)14(4)24/h12,16-19,26H,7-11H2,1-6H3/b13-12-/t16-,17-,18-,19-/m1/s1. The third kappa shape index (κ3) is 7.61. The zero-order valence-electron chi connectivity index (χ0n) is 19.8. The number of hydrogen-bond donors (Lipinski definition) is 1. The Bertz CT molecular complexity index is 739. The van der Waals surface area contributed by atoms with Crippen LogP contribution in [-0.2, 0) is 37.4 Å². The molecule has 1 saturated heterocycles. The molecule has 0 aromatic rings. The van der Waals surface area contributed by atoms with Crippen molar-refractivity contribution in [2.75, 3.05) is 33.5 Å². The van der Waals surface area contributed by atoms with Crippen molar-refractivity contribution < 1.29 is 51.3 Å². The second-order valence-corrected chi connectivity index (χ2v) is 9.55. The number of amides is 1. The van der Waals surface area contributed by atoms with Crippen molar-refractivity contribution >= 4 is 19.3 Å². The number of Topliss-reactive ketones (excluding diaryl/α,β-unsaturated/α-hetero) is 1. The number of allylic oxidation sites excluding steroid dienone is 1. The van der Waals surface area contributed by atoms with Crippen LogP contribution in [0.2, 0.25) is 0 Å². The monoisotopic (exact) mass is 501 g/mol. The Labute approximate surface area is 192 Å². The van der Waals surface area contributed by atoms with Gasteiger partial charge in [0, 0.05) is 25.8 Å². The van der Waals surface area contributed by atoms with E-state index in [1.165, 1.54) is 47.9 Å². The van der Waals surface area contributed by atoms with Gasteiger partial charge in [-0.2, -0.15) is 8.78 Å². The SMILES string of the molecule is CCOP(=O)(OCC)C(F)(F)C[C@H]1O[C@@H](N(/C=C(/C)C(C)=O)C(C)=O)[C@H](OCCOC)[C@@H]1O. The van der Waals surface area contributed by atoms with Gasteiger partial charge in [-0.15, -0.1) is 0 Å². The van der Waals surface area contributed by atoms with Crippen LogP contribution in [0.3, 0.4) is 0 Å². The van der Waals surface area contributed by atoms with Gasteiger partial charge in [-0.1, -0.05) is 0 Å². The molecule has 0 spiro atoms. The summed E-state index contributed by atoms with van der Waals surface area (Å²) in [5.41, 5.74) is -3.80. The van der Waals surface area contributed by atoms with Gasteiger partial charge >= 0.3 is 13.3 Å². The molecule has 0 unspecified atom stereocenters. The van der Waals surface area contributed by atoms with Gasteiger partial charge < -0.3 is 28.4 Å². The fraction of sp³-hybridized carbons (Fsp3) is 0.800. The van der Waals surface area contributed by atoms with Crippen molar-refractivity contribution in [1.82, 2.24) is 4.90 Å². The molecule has 1 amide bonds. The number of nitrogens with zero attached hydrogens (tertiary/aromatic N) is 1. The molecule has 1 heterocycles. The van der Waals surface area contributed by atoms with E-state index in [2.05, 4.69) is 0 Å². The minimum atomic E-state index is -4.87. The van der Waals surface area contributed by atoms with E-state index in [1.807, 2.05) is 0 Å². The molecule has 0 aromatic carbocycles. The van der Waals surface area contributed by atoms with Gasteiger partial charge in [-0.3, -0.25) is 19.1 Å². The summed E-state index contributed by atoms with van der Waals surface area (Å²) in [5, 5.41) is 10.8. The van der Waals surface area contributed by atoms with Gasteiger partial charge in [0.25, 0.3) is 0 Å². The number of ketones is 1. The average molecular weight is 501 g/mol. The van der Waals surface area contributed by atoms with Crippen LogP contribution in [0.4, 0.5) is 8.78 Å². The number of rotatable bonds is 14. The van der Waals surface area contributed by atoms with Crippen molar-refractivity contribution in [3.8, 4) is 0 Å². The summed E-state index contributed by atoms with van der Waals surface area (Å²) in [6.07, 6.45) is -5.79. The lowest BCUT2D eigenvalue weighted by Crippen LogP contribution is -2.45. The smallest absolute Gasteiger partial charge is 0.388 e. The topological polar surface area (TPSA) is 121 Å². The van der Waals surface area contributed by atoms with Crippen LogP contribution in [0.25, 0.3) is 0 Å². The van der Waals surface area contributed by atoms with Crippen LogP contribution in [-0.4, -0.2) is 85.4 Å². The number of methoxy groups -OCH3 is 1. The molecule has 33 heavy (non-hydrogen) atoms. The molecule has 10 nitrogen and oxygen atoms in total. The third-order valence-electron chi connectivity index (χ3n) is 4.88. The summed E-state index contributed by atoms with van der Waals surface area (Å²) >= 11 is 0. The van der Waals surface area contributed by atoms with Crippen LogP contribution in [0, 0.1) is 0 Å². The summed E-state index contributed by atoms with van der Waals surface area (Å²) in [7, 11) is -3.45. The fourth-order valence-electron chi connectivity index (χ4n) is 3.12. The Morgan fingerprint density at radius 2 is 1.73 bits per heavy atom. The van der Waals surface area contributed by atoms with Crippen molar-refractivity contribution in [2.24, 2.45) is 0 Å². The van der Waals surface area contributed by atoms with Crippen molar-refractivity contribution in [3.63, 3.8) is 0 Å². The zero-order chi connectivity index (χ0) is 25.4. The Balaban J connectivity index is 3.29. The van der Waals surface area contributed by atoms with Crippen LogP contribution >= 0.6 is 7.60 Å². The molecule has 0 radical (unpaired) electrons. The summed E-state index contributed by atoms with van der Waals surface area (Å²) in [6, 6.07) is 0. The van der Waals surface area contributed by atoms with E-state index in [1.54, 1.807) is 0 Å². The van der Waals surface area contributed by atoms with Crippen molar-refractivity contribution in [2.45, 2.75) is 71.2 Å². The van der Waals surface area contributed by atoms with Gasteiger partial charge in [0.05, 0.1) is 39.0 Å². The summed E-state index contributed by atoms with van der Waals surface area (Å²) in [5.74, 6) is -0.899. The first kappa shape index (κ1) is 29.8. The molecule has 1 fully saturated rings. The minimum absolute atomic E-state index is 0.0290. The van der Waals surface area contributed by atoms with Gasteiger partial charge in [0.2, 0.25) is 5.91 Å². The highest BCUT2D eigenvalue weighted by molar-refractivity contribution is 7.55. The second-order valence-electron chi connectivity index (χ2n) is 7.38. The quantitative estimate of drug-likeness (QED) is 0.218. The number of aliphatic hydroxyl groups excluding tert-OH is 1.